The van der Waals surface area contributed by atoms with E-state index in [1.807, 2.05) is 32.1 Å². The molecule has 0 saturated carbocycles. The lowest BCUT2D eigenvalue weighted by Gasteiger charge is -2.10. The summed E-state index contributed by atoms with van der Waals surface area (Å²) < 4.78 is 0. The third-order valence-corrected chi connectivity index (χ3v) is 2.52. The molecule has 0 unspecified atom stereocenters. The number of rotatable bonds is 1. The number of fused-ring (bicyclic) bond motifs is 1. The Bertz CT molecular complexity index is 484. The van der Waals surface area contributed by atoms with Crippen LogP contribution in [-0.2, 0) is 0 Å². The Morgan fingerprint density at radius 1 is 1.20 bits per heavy atom. The zero-order valence-corrected chi connectivity index (χ0v) is 8.99. The molecule has 0 aromatic heterocycles. The molecule has 0 aliphatic heterocycles. The summed E-state index contributed by atoms with van der Waals surface area (Å²) >= 11 is 0. The van der Waals surface area contributed by atoms with Crippen molar-refractivity contribution in [1.82, 2.24) is 0 Å². The average Bonchev–Trinajstić information content (AvgIpc) is 2.62. The molecule has 1 aromatic carbocycles. The third kappa shape index (κ3) is 1.85. The van der Waals surface area contributed by atoms with Gasteiger partial charge < -0.3 is 0 Å². The standard InChI is InChI=1S/C14H13N/c1-14(2,10-15)9-12-8-7-11-5-3-4-6-13(11)12/h3-9H,1-2H3/b12-9+. The van der Waals surface area contributed by atoms with Gasteiger partial charge in [0, 0.05) is 0 Å². The zero-order chi connectivity index (χ0) is 10.9. The predicted octanol–water partition coefficient (Wildman–Crippen LogP) is 3.65. The highest BCUT2D eigenvalue weighted by molar-refractivity contribution is 5.90. The minimum Gasteiger partial charge on any atom is -0.197 e. The molecule has 1 aliphatic rings. The maximum atomic E-state index is 8.98. The molecular formula is C14H13N. The van der Waals surface area contributed by atoms with Crippen molar-refractivity contribution in [3.8, 4) is 6.07 Å². The van der Waals surface area contributed by atoms with Crippen molar-refractivity contribution in [1.29, 1.82) is 5.26 Å². The van der Waals surface area contributed by atoms with E-state index in [0.717, 1.165) is 5.57 Å². The van der Waals surface area contributed by atoms with Gasteiger partial charge in [0.15, 0.2) is 0 Å². The van der Waals surface area contributed by atoms with E-state index in [9.17, 15) is 0 Å². The first-order valence-corrected chi connectivity index (χ1v) is 5.04. The van der Waals surface area contributed by atoms with Crippen molar-refractivity contribution in [3.05, 3.63) is 47.5 Å². The lowest BCUT2D eigenvalue weighted by Crippen LogP contribution is -2.03. The SMILES string of the molecule is CC(C)(C#N)/C=C1\C=Cc2ccccc21. The van der Waals surface area contributed by atoms with Gasteiger partial charge in [0.1, 0.15) is 0 Å². The van der Waals surface area contributed by atoms with Gasteiger partial charge in [-0.3, -0.25) is 0 Å². The Morgan fingerprint density at radius 3 is 2.67 bits per heavy atom. The second kappa shape index (κ2) is 3.40. The van der Waals surface area contributed by atoms with Crippen LogP contribution in [0.15, 0.2) is 36.4 Å². The third-order valence-electron chi connectivity index (χ3n) is 2.52. The average molecular weight is 195 g/mol. The molecule has 1 aromatic rings. The summed E-state index contributed by atoms with van der Waals surface area (Å²) in [5, 5.41) is 8.98. The largest absolute Gasteiger partial charge is 0.197 e. The minimum absolute atomic E-state index is 0.406. The smallest absolute Gasteiger partial charge is 0.0726 e. The van der Waals surface area contributed by atoms with E-state index < -0.39 is 5.41 Å². The topological polar surface area (TPSA) is 23.8 Å². The number of allylic oxidation sites excluding steroid dienone is 3. The van der Waals surface area contributed by atoms with Crippen LogP contribution in [0.25, 0.3) is 11.6 Å². The molecule has 0 atom stereocenters. The van der Waals surface area contributed by atoms with Crippen LogP contribution in [0.5, 0.6) is 0 Å². The molecule has 1 heteroatoms. The number of hydrogen-bond donors (Lipinski definition) is 0. The Labute approximate surface area is 90.4 Å². The Balaban J connectivity index is 2.46. The van der Waals surface area contributed by atoms with Crippen LogP contribution in [0.3, 0.4) is 0 Å². The maximum absolute atomic E-state index is 8.98. The van der Waals surface area contributed by atoms with Crippen molar-refractivity contribution < 1.29 is 0 Å². The van der Waals surface area contributed by atoms with E-state index in [4.69, 9.17) is 5.26 Å². The summed E-state index contributed by atoms with van der Waals surface area (Å²) in [4.78, 5) is 0. The highest BCUT2D eigenvalue weighted by atomic mass is 14.3. The Kier molecular flexibility index (Phi) is 2.21. The monoisotopic (exact) mass is 195 g/mol. The molecule has 1 aliphatic carbocycles. The molecule has 0 radical (unpaired) electrons. The summed E-state index contributed by atoms with van der Waals surface area (Å²) in [7, 11) is 0. The van der Waals surface area contributed by atoms with Gasteiger partial charge in [0.25, 0.3) is 0 Å². The van der Waals surface area contributed by atoms with E-state index in [2.05, 4.69) is 30.4 Å². The molecule has 0 heterocycles. The molecule has 74 valence electrons. The van der Waals surface area contributed by atoms with E-state index in [-0.39, 0.29) is 0 Å². The van der Waals surface area contributed by atoms with Crippen LogP contribution in [0.1, 0.15) is 25.0 Å². The van der Waals surface area contributed by atoms with Gasteiger partial charge in [0.2, 0.25) is 0 Å². The van der Waals surface area contributed by atoms with Crippen molar-refractivity contribution in [3.63, 3.8) is 0 Å². The first kappa shape index (κ1) is 9.73. The highest BCUT2D eigenvalue weighted by Crippen LogP contribution is 2.32. The molecule has 0 fully saturated rings. The van der Waals surface area contributed by atoms with E-state index >= 15 is 0 Å². The van der Waals surface area contributed by atoms with Gasteiger partial charge in [-0.1, -0.05) is 42.5 Å². The van der Waals surface area contributed by atoms with Gasteiger partial charge in [-0.25, -0.2) is 0 Å². The molecular weight excluding hydrogens is 182 g/mol. The van der Waals surface area contributed by atoms with Crippen LogP contribution in [-0.4, -0.2) is 0 Å². The molecule has 0 bridgehead atoms. The number of benzene rings is 1. The highest BCUT2D eigenvalue weighted by Gasteiger charge is 2.17. The first-order valence-electron chi connectivity index (χ1n) is 5.04. The quantitative estimate of drug-likeness (QED) is 0.671. The maximum Gasteiger partial charge on any atom is 0.0726 e. The van der Waals surface area contributed by atoms with Gasteiger partial charge in [0.05, 0.1) is 11.5 Å². The predicted molar refractivity (Wildman–Crippen MR) is 62.8 cm³/mol. The molecule has 0 saturated heterocycles. The molecule has 0 amide bonds. The summed E-state index contributed by atoms with van der Waals surface area (Å²) in [6.45, 7) is 3.85. The van der Waals surface area contributed by atoms with Gasteiger partial charge in [-0.05, 0) is 30.5 Å². The normalized spacial score (nSPS) is 16.5. The lowest BCUT2D eigenvalue weighted by atomic mass is 9.91. The van der Waals surface area contributed by atoms with Crippen LogP contribution in [0.4, 0.5) is 0 Å². The summed E-state index contributed by atoms with van der Waals surface area (Å²) in [6, 6.07) is 10.5. The summed E-state index contributed by atoms with van der Waals surface area (Å²) in [6.07, 6.45) is 6.19. The van der Waals surface area contributed by atoms with E-state index in [0.29, 0.717) is 0 Å². The summed E-state index contributed by atoms with van der Waals surface area (Å²) in [5.41, 5.74) is 3.20. The zero-order valence-electron chi connectivity index (χ0n) is 8.99. The van der Waals surface area contributed by atoms with E-state index in [1.54, 1.807) is 0 Å². The number of nitriles is 1. The summed E-state index contributed by atoms with van der Waals surface area (Å²) in [5.74, 6) is 0. The van der Waals surface area contributed by atoms with Crippen LogP contribution < -0.4 is 0 Å². The van der Waals surface area contributed by atoms with E-state index in [1.165, 1.54) is 11.1 Å². The number of hydrogen-bond acceptors (Lipinski definition) is 1. The van der Waals surface area contributed by atoms with Gasteiger partial charge in [-0.15, -0.1) is 0 Å². The van der Waals surface area contributed by atoms with Crippen molar-refractivity contribution >= 4 is 11.6 Å². The van der Waals surface area contributed by atoms with Crippen LogP contribution in [0.2, 0.25) is 0 Å². The lowest BCUT2D eigenvalue weighted by molar-refractivity contribution is 0.646. The molecule has 0 N–H and O–H groups in total. The fourth-order valence-electron chi connectivity index (χ4n) is 1.72. The minimum atomic E-state index is -0.406. The first-order chi connectivity index (χ1) is 7.12. The van der Waals surface area contributed by atoms with Crippen LogP contribution >= 0.6 is 0 Å². The second-order valence-electron chi connectivity index (χ2n) is 4.35. The molecule has 0 spiro atoms. The molecule has 1 nitrogen and oxygen atoms in total. The van der Waals surface area contributed by atoms with Gasteiger partial charge in [-0.2, -0.15) is 5.26 Å². The Morgan fingerprint density at radius 2 is 1.93 bits per heavy atom. The number of nitrogens with zero attached hydrogens (tertiary/aromatic N) is 1. The second-order valence-corrected chi connectivity index (χ2v) is 4.35. The van der Waals surface area contributed by atoms with Crippen LogP contribution in [0, 0.1) is 16.7 Å². The van der Waals surface area contributed by atoms with Crippen molar-refractivity contribution in [2.45, 2.75) is 13.8 Å². The molecule has 15 heavy (non-hydrogen) atoms. The van der Waals surface area contributed by atoms with Crippen molar-refractivity contribution in [2.24, 2.45) is 5.41 Å². The van der Waals surface area contributed by atoms with Gasteiger partial charge >= 0.3 is 0 Å². The van der Waals surface area contributed by atoms with Crippen molar-refractivity contribution in [2.75, 3.05) is 0 Å². The fourth-order valence-corrected chi connectivity index (χ4v) is 1.72. The molecule has 2 rings (SSSR count). The fraction of sp³-hybridized carbons (Fsp3) is 0.214. The Hall–Kier alpha value is -1.81.